The molecule has 4 aromatic carbocycles. The van der Waals surface area contributed by atoms with Crippen molar-refractivity contribution in [2.75, 3.05) is 4.90 Å². The van der Waals surface area contributed by atoms with Crippen LogP contribution in [0.25, 0.3) is 56.0 Å². The normalized spacial score (nSPS) is 12.0. The van der Waals surface area contributed by atoms with E-state index in [4.69, 9.17) is 19.4 Å². The summed E-state index contributed by atoms with van der Waals surface area (Å²) in [5.74, 6) is 1.36. The van der Waals surface area contributed by atoms with Gasteiger partial charge in [-0.25, -0.2) is 19.9 Å². The van der Waals surface area contributed by atoms with Gasteiger partial charge in [0.25, 0.3) is 0 Å². The Bertz CT molecular complexity index is 2600. The van der Waals surface area contributed by atoms with Crippen LogP contribution in [0, 0.1) is 0 Å². The van der Waals surface area contributed by atoms with Crippen LogP contribution in [0.5, 0.6) is 5.75 Å². The van der Waals surface area contributed by atoms with Gasteiger partial charge in [0.2, 0.25) is 5.71 Å². The standard InChI is InChI=1S/C46H41N5O2/c1-45(2,3)31-27-35(41(52)36(28-31)46(4,5)6)43-49-39(42-40(50-43)34-21-15-25-48-44(34)53-42)30-18-14-19-32(26-30)51(38-23-12-13-24-47-38)37-22-11-10-20-33(37)29-16-8-7-9-17-29/h7-28,52H,1-6H3. The number of aromatic nitrogens is 4. The Morgan fingerprint density at radius 3 is 2.11 bits per heavy atom. The largest absolute Gasteiger partial charge is 0.507 e. The zero-order valence-electron chi connectivity index (χ0n) is 30.8. The Kier molecular flexibility index (Phi) is 8.29. The van der Waals surface area contributed by atoms with E-state index >= 15 is 0 Å². The maximum absolute atomic E-state index is 11.9. The summed E-state index contributed by atoms with van der Waals surface area (Å²) in [5.41, 5.74) is 9.09. The van der Waals surface area contributed by atoms with Crippen LogP contribution in [0.2, 0.25) is 0 Å². The number of hydrogen-bond donors (Lipinski definition) is 1. The van der Waals surface area contributed by atoms with Crippen LogP contribution < -0.4 is 4.90 Å². The van der Waals surface area contributed by atoms with Gasteiger partial charge in [-0.2, -0.15) is 0 Å². The molecule has 8 rings (SSSR count). The van der Waals surface area contributed by atoms with E-state index < -0.39 is 0 Å². The van der Waals surface area contributed by atoms with Gasteiger partial charge in [0, 0.05) is 34.8 Å². The number of phenolic OH excluding ortho intramolecular Hbond substituents is 1. The fraction of sp³-hybridized carbons (Fsp3) is 0.174. The van der Waals surface area contributed by atoms with E-state index in [9.17, 15) is 5.11 Å². The predicted molar refractivity (Wildman–Crippen MR) is 215 cm³/mol. The van der Waals surface area contributed by atoms with Crippen molar-refractivity contribution in [3.8, 4) is 39.5 Å². The highest BCUT2D eigenvalue weighted by molar-refractivity contribution is 6.06. The molecule has 7 nitrogen and oxygen atoms in total. The van der Waals surface area contributed by atoms with Crippen molar-refractivity contribution < 1.29 is 9.52 Å². The third-order valence-electron chi connectivity index (χ3n) is 9.60. The summed E-state index contributed by atoms with van der Waals surface area (Å²) >= 11 is 0. The smallest absolute Gasteiger partial charge is 0.229 e. The van der Waals surface area contributed by atoms with Crippen LogP contribution in [0.1, 0.15) is 52.7 Å². The molecule has 0 bridgehead atoms. The first-order valence-corrected chi connectivity index (χ1v) is 17.9. The quantitative estimate of drug-likeness (QED) is 0.185. The van der Waals surface area contributed by atoms with E-state index in [1.807, 2.05) is 66.9 Å². The average Bonchev–Trinajstić information content (AvgIpc) is 3.53. The molecular formula is C46H41N5O2. The molecule has 262 valence electrons. The lowest BCUT2D eigenvalue weighted by molar-refractivity contribution is 0.446. The fourth-order valence-electron chi connectivity index (χ4n) is 6.81. The zero-order chi connectivity index (χ0) is 36.9. The van der Waals surface area contributed by atoms with Crippen LogP contribution in [-0.2, 0) is 10.8 Å². The van der Waals surface area contributed by atoms with Crippen molar-refractivity contribution in [1.82, 2.24) is 19.9 Å². The predicted octanol–water partition coefficient (Wildman–Crippen LogP) is 11.9. The van der Waals surface area contributed by atoms with Gasteiger partial charge in [-0.15, -0.1) is 0 Å². The molecule has 0 aliphatic rings. The highest BCUT2D eigenvalue weighted by atomic mass is 16.3. The summed E-state index contributed by atoms with van der Waals surface area (Å²) in [6.07, 6.45) is 3.52. The summed E-state index contributed by atoms with van der Waals surface area (Å²) in [6, 6.07) is 40.9. The molecule has 53 heavy (non-hydrogen) atoms. The summed E-state index contributed by atoms with van der Waals surface area (Å²) in [5, 5.41) is 12.7. The van der Waals surface area contributed by atoms with Crippen LogP contribution in [0.15, 0.2) is 138 Å². The highest BCUT2D eigenvalue weighted by Crippen LogP contribution is 2.45. The molecule has 0 aliphatic carbocycles. The van der Waals surface area contributed by atoms with Crippen LogP contribution in [-0.4, -0.2) is 25.0 Å². The number of aromatic hydroxyl groups is 1. The van der Waals surface area contributed by atoms with Crippen LogP contribution in [0.4, 0.5) is 17.2 Å². The molecule has 7 heteroatoms. The molecule has 0 saturated heterocycles. The fourth-order valence-corrected chi connectivity index (χ4v) is 6.81. The number of pyridine rings is 2. The summed E-state index contributed by atoms with van der Waals surface area (Å²) in [6.45, 7) is 12.9. The third-order valence-corrected chi connectivity index (χ3v) is 9.60. The van der Waals surface area contributed by atoms with E-state index in [2.05, 4.69) is 112 Å². The Balaban J connectivity index is 1.38. The van der Waals surface area contributed by atoms with Crippen LogP contribution >= 0.6 is 0 Å². The van der Waals surface area contributed by atoms with Gasteiger partial charge in [-0.1, -0.05) is 114 Å². The molecule has 0 fully saturated rings. The summed E-state index contributed by atoms with van der Waals surface area (Å²) in [4.78, 5) is 21.8. The van der Waals surface area contributed by atoms with Crippen molar-refractivity contribution in [3.05, 3.63) is 145 Å². The lowest BCUT2D eigenvalue weighted by Gasteiger charge is -2.27. The molecule has 0 aliphatic heterocycles. The monoisotopic (exact) mass is 695 g/mol. The SMILES string of the molecule is CC(C)(C)c1cc(-c2nc(-c3cccc(N(c4ccccn4)c4ccccc4-c4ccccc4)c3)c3oc4ncccc4c3n2)c(O)c(C(C)(C)C)c1. The Morgan fingerprint density at radius 2 is 1.36 bits per heavy atom. The molecule has 0 spiro atoms. The molecule has 1 N–H and O–H groups in total. The Labute approximate surface area is 309 Å². The molecule has 4 aromatic heterocycles. The first-order valence-electron chi connectivity index (χ1n) is 17.9. The van der Waals surface area contributed by atoms with E-state index in [0.29, 0.717) is 33.9 Å². The first kappa shape index (κ1) is 33.8. The summed E-state index contributed by atoms with van der Waals surface area (Å²) < 4.78 is 6.44. The van der Waals surface area contributed by atoms with E-state index in [0.717, 1.165) is 50.4 Å². The lowest BCUT2D eigenvalue weighted by Crippen LogP contribution is -2.17. The minimum Gasteiger partial charge on any atom is -0.507 e. The van der Waals surface area contributed by atoms with E-state index in [1.54, 1.807) is 6.20 Å². The second kappa shape index (κ2) is 13.0. The van der Waals surface area contributed by atoms with Crippen LogP contribution in [0.3, 0.4) is 0 Å². The molecule has 0 unspecified atom stereocenters. The third kappa shape index (κ3) is 6.29. The number of phenols is 1. The average molecular weight is 696 g/mol. The minimum absolute atomic E-state index is 0.175. The number of furan rings is 1. The van der Waals surface area contributed by atoms with Crippen molar-refractivity contribution in [2.24, 2.45) is 0 Å². The molecule has 4 heterocycles. The van der Waals surface area contributed by atoms with Gasteiger partial charge in [0.1, 0.15) is 22.8 Å². The van der Waals surface area contributed by atoms with Crippen molar-refractivity contribution in [2.45, 2.75) is 52.4 Å². The Hall–Kier alpha value is -6.34. The molecular weight excluding hydrogens is 655 g/mol. The second-order valence-corrected chi connectivity index (χ2v) is 15.4. The maximum atomic E-state index is 11.9. The van der Waals surface area contributed by atoms with Gasteiger partial charge >= 0.3 is 0 Å². The molecule has 0 radical (unpaired) electrons. The lowest BCUT2D eigenvalue weighted by atomic mass is 9.79. The molecule has 0 amide bonds. The number of fused-ring (bicyclic) bond motifs is 3. The van der Waals surface area contributed by atoms with E-state index in [-0.39, 0.29) is 16.6 Å². The Morgan fingerprint density at radius 1 is 0.623 bits per heavy atom. The van der Waals surface area contributed by atoms with Crippen molar-refractivity contribution in [3.63, 3.8) is 0 Å². The molecule has 0 saturated carbocycles. The van der Waals surface area contributed by atoms with Crippen molar-refractivity contribution >= 4 is 39.4 Å². The number of benzene rings is 4. The van der Waals surface area contributed by atoms with Gasteiger partial charge in [-0.3, -0.25) is 4.90 Å². The zero-order valence-corrected chi connectivity index (χ0v) is 30.8. The van der Waals surface area contributed by atoms with Crippen molar-refractivity contribution in [1.29, 1.82) is 0 Å². The van der Waals surface area contributed by atoms with Gasteiger partial charge in [-0.05, 0) is 70.5 Å². The number of anilines is 3. The summed E-state index contributed by atoms with van der Waals surface area (Å²) in [7, 11) is 0. The van der Waals surface area contributed by atoms with E-state index in [1.165, 1.54) is 0 Å². The van der Waals surface area contributed by atoms with Gasteiger partial charge in [0.15, 0.2) is 11.4 Å². The maximum Gasteiger partial charge on any atom is 0.229 e. The first-order chi connectivity index (χ1) is 25.5. The number of rotatable bonds is 6. The number of para-hydroxylation sites is 1. The topological polar surface area (TPSA) is 88.2 Å². The minimum atomic E-state index is -0.321. The number of nitrogens with zero attached hydrogens (tertiary/aromatic N) is 5. The van der Waals surface area contributed by atoms with Gasteiger partial charge < -0.3 is 9.52 Å². The molecule has 0 atom stereocenters. The second-order valence-electron chi connectivity index (χ2n) is 15.4. The number of hydrogen-bond acceptors (Lipinski definition) is 7. The van der Waals surface area contributed by atoms with Gasteiger partial charge in [0.05, 0.1) is 16.6 Å². The highest BCUT2D eigenvalue weighted by Gasteiger charge is 2.28. The molecule has 8 aromatic rings.